The van der Waals surface area contributed by atoms with Crippen molar-refractivity contribution in [2.45, 2.75) is 58.8 Å². The van der Waals surface area contributed by atoms with E-state index in [9.17, 15) is 0 Å². The van der Waals surface area contributed by atoms with E-state index < -0.39 is 0 Å². The molecule has 0 radical (unpaired) electrons. The molecular weight excluding hydrogens is 425 g/mol. The van der Waals surface area contributed by atoms with E-state index in [1.54, 1.807) is 0 Å². The van der Waals surface area contributed by atoms with Gasteiger partial charge in [0.25, 0.3) is 0 Å². The van der Waals surface area contributed by atoms with Gasteiger partial charge in [-0.2, -0.15) is 0 Å². The molecule has 1 aliphatic carbocycles. The minimum absolute atomic E-state index is 0. The zero-order valence-electron chi connectivity index (χ0n) is 15.8. The highest BCUT2D eigenvalue weighted by molar-refractivity contribution is 14.0. The van der Waals surface area contributed by atoms with Gasteiger partial charge in [-0.15, -0.1) is 24.0 Å². The Kier molecular flexibility index (Phi) is 7.55. The molecule has 1 spiro atoms. The Hall–Kier alpha value is -0.820. The van der Waals surface area contributed by atoms with E-state index in [1.165, 1.54) is 43.4 Å². The maximum Gasteiger partial charge on any atom is 0.193 e. The number of guanidine groups is 1. The Bertz CT molecular complexity index is 584. The molecule has 2 fully saturated rings. The summed E-state index contributed by atoms with van der Waals surface area (Å²) in [4.78, 5) is 6.93. The Balaban J connectivity index is 0.00000225. The van der Waals surface area contributed by atoms with Crippen molar-refractivity contribution in [2.24, 2.45) is 10.4 Å². The lowest BCUT2D eigenvalue weighted by Gasteiger charge is -2.38. The van der Waals surface area contributed by atoms with Crippen LogP contribution in [0, 0.1) is 5.41 Å². The van der Waals surface area contributed by atoms with E-state index in [4.69, 9.17) is 4.74 Å². The number of aliphatic imine (C=N–C) groups is 1. The van der Waals surface area contributed by atoms with Crippen LogP contribution in [0.3, 0.4) is 0 Å². The molecule has 0 unspecified atom stereocenters. The minimum atomic E-state index is 0. The van der Waals surface area contributed by atoms with Crippen LogP contribution in [0.25, 0.3) is 0 Å². The molecule has 0 bridgehead atoms. The molecule has 1 saturated heterocycles. The Labute approximate surface area is 169 Å². The van der Waals surface area contributed by atoms with Gasteiger partial charge >= 0.3 is 0 Å². The average molecular weight is 457 g/mol. The zero-order chi connectivity index (χ0) is 17.0. The topological polar surface area (TPSA) is 36.9 Å². The largest absolute Gasteiger partial charge is 0.374 e. The van der Waals surface area contributed by atoms with E-state index in [0.29, 0.717) is 12.0 Å². The van der Waals surface area contributed by atoms with Crippen molar-refractivity contribution in [1.82, 2.24) is 10.2 Å². The molecule has 1 saturated carbocycles. The summed E-state index contributed by atoms with van der Waals surface area (Å²) in [7, 11) is 1.89. The first-order chi connectivity index (χ1) is 11.6. The van der Waals surface area contributed by atoms with Gasteiger partial charge in [-0.25, -0.2) is 0 Å². The molecule has 3 rings (SSSR count). The molecule has 0 atom stereocenters. The van der Waals surface area contributed by atoms with E-state index >= 15 is 0 Å². The SMILES string of the molecule is CN=C(NCc1cccc(COC(C)C)c1)N1CCC2(CCC2)C1.I. The maximum absolute atomic E-state index is 5.70. The molecule has 1 aliphatic heterocycles. The van der Waals surface area contributed by atoms with Crippen molar-refractivity contribution in [2.75, 3.05) is 20.1 Å². The van der Waals surface area contributed by atoms with Gasteiger partial charge in [0.05, 0.1) is 12.7 Å². The Morgan fingerprint density at radius 3 is 2.64 bits per heavy atom. The lowest BCUT2D eigenvalue weighted by Crippen LogP contribution is -2.42. The molecule has 0 amide bonds. The molecule has 0 aromatic heterocycles. The predicted molar refractivity (Wildman–Crippen MR) is 114 cm³/mol. The Morgan fingerprint density at radius 1 is 1.28 bits per heavy atom. The molecule has 2 aliphatic rings. The number of hydrogen-bond donors (Lipinski definition) is 1. The summed E-state index contributed by atoms with van der Waals surface area (Å²) in [6, 6.07) is 8.62. The second kappa shape index (κ2) is 9.21. The summed E-state index contributed by atoms with van der Waals surface area (Å²) >= 11 is 0. The van der Waals surface area contributed by atoms with Crippen LogP contribution in [0.2, 0.25) is 0 Å². The summed E-state index contributed by atoms with van der Waals surface area (Å²) in [5.41, 5.74) is 3.11. The number of halogens is 1. The monoisotopic (exact) mass is 457 g/mol. The smallest absolute Gasteiger partial charge is 0.193 e. The zero-order valence-corrected chi connectivity index (χ0v) is 18.1. The van der Waals surface area contributed by atoms with Crippen LogP contribution in [0.15, 0.2) is 29.3 Å². The van der Waals surface area contributed by atoms with Gasteiger partial charge in [0.15, 0.2) is 5.96 Å². The van der Waals surface area contributed by atoms with Crippen LogP contribution >= 0.6 is 24.0 Å². The third-order valence-electron chi connectivity index (χ3n) is 5.39. The first-order valence-corrected chi connectivity index (χ1v) is 9.25. The first kappa shape index (κ1) is 20.5. The van der Waals surface area contributed by atoms with Crippen LogP contribution in [0.1, 0.15) is 50.7 Å². The predicted octanol–water partition coefficient (Wildman–Crippen LogP) is 4.18. The van der Waals surface area contributed by atoms with Gasteiger partial charge in [0, 0.05) is 26.7 Å². The molecule has 4 nitrogen and oxygen atoms in total. The van der Waals surface area contributed by atoms with Crippen molar-refractivity contribution < 1.29 is 4.74 Å². The number of ether oxygens (including phenoxy) is 1. The molecular formula is C20H32IN3O. The standard InChI is InChI=1S/C20H31N3O.HI/c1-16(2)24-14-18-7-4-6-17(12-18)13-22-19(21-3)23-11-10-20(15-23)8-5-9-20;/h4,6-7,12,16H,5,8-11,13-15H2,1-3H3,(H,21,22);1H. The lowest BCUT2D eigenvalue weighted by atomic mass is 9.68. The highest BCUT2D eigenvalue weighted by atomic mass is 127. The number of benzene rings is 1. The average Bonchev–Trinajstić information content (AvgIpc) is 3.00. The van der Waals surface area contributed by atoms with Crippen molar-refractivity contribution in [3.63, 3.8) is 0 Å². The molecule has 1 aromatic rings. The van der Waals surface area contributed by atoms with E-state index in [-0.39, 0.29) is 30.1 Å². The van der Waals surface area contributed by atoms with Gasteiger partial charge in [-0.1, -0.05) is 30.7 Å². The number of rotatable bonds is 5. The number of likely N-dealkylation sites (tertiary alicyclic amines) is 1. The van der Waals surface area contributed by atoms with Crippen molar-refractivity contribution in [3.05, 3.63) is 35.4 Å². The molecule has 1 N–H and O–H groups in total. The highest BCUT2D eigenvalue weighted by Crippen LogP contribution is 2.47. The van der Waals surface area contributed by atoms with Crippen LogP contribution in [0.5, 0.6) is 0 Å². The number of nitrogens with zero attached hydrogens (tertiary/aromatic N) is 2. The van der Waals surface area contributed by atoms with Gasteiger partial charge in [-0.05, 0) is 49.7 Å². The molecule has 25 heavy (non-hydrogen) atoms. The van der Waals surface area contributed by atoms with Gasteiger partial charge in [-0.3, -0.25) is 4.99 Å². The third kappa shape index (κ3) is 5.33. The number of nitrogens with one attached hydrogen (secondary N) is 1. The van der Waals surface area contributed by atoms with Crippen LogP contribution < -0.4 is 5.32 Å². The van der Waals surface area contributed by atoms with E-state index in [2.05, 4.69) is 53.3 Å². The third-order valence-corrected chi connectivity index (χ3v) is 5.39. The normalized spacial score (nSPS) is 19.0. The lowest BCUT2D eigenvalue weighted by molar-refractivity contribution is 0.0657. The fourth-order valence-corrected chi connectivity index (χ4v) is 3.81. The van der Waals surface area contributed by atoms with Crippen LogP contribution in [0.4, 0.5) is 0 Å². The van der Waals surface area contributed by atoms with Crippen molar-refractivity contribution in [1.29, 1.82) is 0 Å². The molecule has 5 heteroatoms. The second-order valence-electron chi connectivity index (χ2n) is 7.61. The first-order valence-electron chi connectivity index (χ1n) is 9.25. The highest BCUT2D eigenvalue weighted by Gasteiger charge is 2.43. The fraction of sp³-hybridized carbons (Fsp3) is 0.650. The van der Waals surface area contributed by atoms with Crippen molar-refractivity contribution in [3.8, 4) is 0 Å². The van der Waals surface area contributed by atoms with Gasteiger partial charge in [0.1, 0.15) is 0 Å². The fourth-order valence-electron chi connectivity index (χ4n) is 3.81. The quantitative estimate of drug-likeness (QED) is 0.410. The van der Waals surface area contributed by atoms with Crippen LogP contribution in [-0.2, 0) is 17.9 Å². The molecule has 1 aromatic carbocycles. The number of hydrogen-bond acceptors (Lipinski definition) is 2. The summed E-state index contributed by atoms with van der Waals surface area (Å²) < 4.78 is 5.70. The summed E-state index contributed by atoms with van der Waals surface area (Å²) in [5.74, 6) is 1.04. The minimum Gasteiger partial charge on any atom is -0.374 e. The van der Waals surface area contributed by atoms with Crippen LogP contribution in [-0.4, -0.2) is 37.1 Å². The maximum atomic E-state index is 5.70. The summed E-state index contributed by atoms with van der Waals surface area (Å²) in [6.45, 7) is 7.94. The summed E-state index contributed by atoms with van der Waals surface area (Å²) in [6.07, 6.45) is 5.80. The summed E-state index contributed by atoms with van der Waals surface area (Å²) in [5, 5.41) is 3.54. The Morgan fingerprint density at radius 2 is 2.04 bits per heavy atom. The van der Waals surface area contributed by atoms with E-state index in [0.717, 1.165) is 19.0 Å². The van der Waals surface area contributed by atoms with Gasteiger partial charge in [0.2, 0.25) is 0 Å². The second-order valence-corrected chi connectivity index (χ2v) is 7.61. The molecule has 1 heterocycles. The van der Waals surface area contributed by atoms with Gasteiger partial charge < -0.3 is 15.0 Å². The van der Waals surface area contributed by atoms with Crippen molar-refractivity contribution >= 4 is 29.9 Å². The molecule has 140 valence electrons. The van der Waals surface area contributed by atoms with E-state index in [1.807, 2.05) is 7.05 Å².